The highest BCUT2D eigenvalue weighted by Gasteiger charge is 2.59. The van der Waals surface area contributed by atoms with Gasteiger partial charge >= 0.3 is 10.5 Å². The molecule has 0 rings (SSSR count). The molecule has 7 heteroatoms. The van der Waals surface area contributed by atoms with Gasteiger partial charge in [0, 0.05) is 12.8 Å². The van der Waals surface area contributed by atoms with E-state index in [-0.39, 0.29) is 12.8 Å². The Bertz CT molecular complexity index is 299. The lowest BCUT2D eigenvalue weighted by atomic mass is 10.2. The topological polar surface area (TPSA) is 34.1 Å². The normalized spacial score (nSPS) is 14.0. The molecule has 0 bridgehead atoms. The van der Waals surface area contributed by atoms with Crippen LogP contribution in [-0.2, 0) is 9.84 Å². The van der Waals surface area contributed by atoms with E-state index in [1.54, 1.807) is 13.8 Å². The number of hydrogen-bond acceptors (Lipinski definition) is 2. The molecule has 17 heavy (non-hydrogen) atoms. The molecule has 0 saturated heterocycles. The quantitative estimate of drug-likeness (QED) is 0.630. The lowest BCUT2D eigenvalue weighted by Gasteiger charge is -2.23. The highest BCUT2D eigenvalue weighted by atomic mass is 32.2. The van der Waals surface area contributed by atoms with Gasteiger partial charge in [-0.15, -0.1) is 0 Å². The summed E-state index contributed by atoms with van der Waals surface area (Å²) in [6, 6.07) is 0. The lowest BCUT2D eigenvalue weighted by Crippen LogP contribution is -2.42. The highest BCUT2D eigenvalue weighted by molar-refractivity contribution is 7.93. The van der Waals surface area contributed by atoms with Crippen LogP contribution < -0.4 is 0 Å². The largest absolute Gasteiger partial charge is 0.351 e. The first-order valence-electron chi connectivity index (χ1n) is 5.62. The minimum absolute atomic E-state index is 0.101. The van der Waals surface area contributed by atoms with E-state index in [9.17, 15) is 26.0 Å². The molecule has 0 aromatic carbocycles. The van der Waals surface area contributed by atoms with E-state index in [0.29, 0.717) is 12.8 Å². The Hall–Kier alpha value is -0.330. The number of unbranched alkanes of at least 4 members (excludes halogenated alkanes) is 2. The van der Waals surface area contributed by atoms with Gasteiger partial charge in [0.15, 0.2) is 0 Å². The predicted octanol–water partition coefficient (Wildman–Crippen LogP) is 3.97. The molecule has 0 amide bonds. The molecule has 0 aliphatic heterocycles. The van der Waals surface area contributed by atoms with Gasteiger partial charge in [-0.1, -0.05) is 26.7 Å². The van der Waals surface area contributed by atoms with Gasteiger partial charge in [0.05, 0.1) is 0 Å². The van der Waals surface area contributed by atoms with Crippen LogP contribution in [-0.4, -0.2) is 18.9 Å². The van der Waals surface area contributed by atoms with E-state index in [0.717, 1.165) is 0 Å². The van der Waals surface area contributed by atoms with Crippen molar-refractivity contribution in [2.45, 2.75) is 62.9 Å². The lowest BCUT2D eigenvalue weighted by molar-refractivity contribution is 0.0330. The molecule has 0 heterocycles. The monoisotopic (exact) mass is 278 g/mol. The van der Waals surface area contributed by atoms with Crippen LogP contribution in [0.15, 0.2) is 0 Å². The molecule has 0 aliphatic rings. The molecule has 2 nitrogen and oxygen atoms in total. The summed E-state index contributed by atoms with van der Waals surface area (Å²) in [6.45, 7) is 3.16. The molecule has 0 radical (unpaired) electrons. The highest BCUT2D eigenvalue weighted by Crippen LogP contribution is 2.40. The van der Waals surface area contributed by atoms with Crippen LogP contribution in [0.1, 0.15) is 52.4 Å². The molecule has 0 unspecified atom stereocenters. The second-order valence-electron chi connectivity index (χ2n) is 3.99. The van der Waals surface area contributed by atoms with Gasteiger partial charge in [-0.05, 0) is 12.8 Å². The van der Waals surface area contributed by atoms with Crippen LogP contribution in [0.5, 0.6) is 0 Å². The average Bonchev–Trinajstić information content (AvgIpc) is 2.23. The molecule has 0 spiro atoms. The van der Waals surface area contributed by atoms with E-state index in [1.165, 1.54) is 0 Å². The van der Waals surface area contributed by atoms with Gasteiger partial charge in [0.1, 0.15) is 0 Å². The minimum atomic E-state index is -5.75. The molecular weight excluding hydrogens is 260 g/mol. The Labute approximate surface area is 99.3 Å². The van der Waals surface area contributed by atoms with Crippen molar-refractivity contribution in [2.24, 2.45) is 0 Å². The SMILES string of the molecule is CCCCC(F)(F)S(=O)(=O)C(F)(F)CCCC. The molecule has 0 N–H and O–H groups in total. The fraction of sp³-hybridized carbons (Fsp3) is 1.00. The van der Waals surface area contributed by atoms with E-state index < -0.39 is 33.2 Å². The van der Waals surface area contributed by atoms with Crippen molar-refractivity contribution in [2.75, 3.05) is 0 Å². The van der Waals surface area contributed by atoms with Crippen LogP contribution in [0.4, 0.5) is 17.6 Å². The summed E-state index contributed by atoms with van der Waals surface area (Å²) < 4.78 is 75.3. The second kappa shape index (κ2) is 6.02. The van der Waals surface area contributed by atoms with Crippen LogP contribution >= 0.6 is 0 Å². The van der Waals surface area contributed by atoms with Crippen molar-refractivity contribution in [1.29, 1.82) is 0 Å². The van der Waals surface area contributed by atoms with Gasteiger partial charge in [0.25, 0.3) is 9.84 Å². The molecule has 0 aromatic heterocycles. The molecule has 0 fully saturated rings. The van der Waals surface area contributed by atoms with E-state index in [2.05, 4.69) is 0 Å². The van der Waals surface area contributed by atoms with Crippen molar-refractivity contribution < 1.29 is 26.0 Å². The predicted molar refractivity (Wildman–Crippen MR) is 57.9 cm³/mol. The van der Waals surface area contributed by atoms with Crippen LogP contribution in [0.25, 0.3) is 0 Å². The molecule has 0 atom stereocenters. The summed E-state index contributed by atoms with van der Waals surface area (Å²) in [7, 11) is -5.75. The van der Waals surface area contributed by atoms with Crippen LogP contribution in [0.3, 0.4) is 0 Å². The summed E-state index contributed by atoms with van der Waals surface area (Å²) in [4.78, 5) is 0. The third kappa shape index (κ3) is 3.82. The summed E-state index contributed by atoms with van der Waals surface area (Å²) >= 11 is 0. The average molecular weight is 278 g/mol. The summed E-state index contributed by atoms with van der Waals surface area (Å²) in [5.41, 5.74) is 0. The fourth-order valence-corrected chi connectivity index (χ4v) is 2.52. The zero-order chi connectivity index (χ0) is 13.7. The van der Waals surface area contributed by atoms with Gasteiger partial charge in [-0.25, -0.2) is 8.42 Å². The van der Waals surface area contributed by atoms with E-state index >= 15 is 0 Å². The third-order valence-corrected chi connectivity index (χ3v) is 4.41. The summed E-state index contributed by atoms with van der Waals surface area (Å²) in [6.07, 6.45) is -1.65. The van der Waals surface area contributed by atoms with Crippen molar-refractivity contribution in [3.63, 3.8) is 0 Å². The van der Waals surface area contributed by atoms with Crippen LogP contribution in [0, 0.1) is 0 Å². The molecule has 0 saturated carbocycles. The van der Waals surface area contributed by atoms with E-state index in [4.69, 9.17) is 0 Å². The number of hydrogen-bond donors (Lipinski definition) is 0. The van der Waals surface area contributed by atoms with Gasteiger partial charge in [-0.2, -0.15) is 17.6 Å². The third-order valence-electron chi connectivity index (χ3n) is 2.43. The maximum Gasteiger partial charge on any atom is 0.351 e. The zero-order valence-electron chi connectivity index (χ0n) is 9.98. The standard InChI is InChI=1S/C10H18F4O2S/c1-3-5-7-9(11,12)17(15,16)10(13,14)8-6-4-2/h3-8H2,1-2H3. The Balaban J connectivity index is 4.97. The van der Waals surface area contributed by atoms with Gasteiger partial charge < -0.3 is 0 Å². The number of rotatable bonds is 8. The van der Waals surface area contributed by atoms with Gasteiger partial charge in [0.2, 0.25) is 0 Å². The van der Waals surface area contributed by atoms with Crippen LogP contribution in [0.2, 0.25) is 0 Å². The molecule has 0 aromatic rings. The fourth-order valence-electron chi connectivity index (χ4n) is 1.25. The number of alkyl halides is 4. The second-order valence-corrected chi connectivity index (χ2v) is 6.19. The van der Waals surface area contributed by atoms with Crippen molar-refractivity contribution in [1.82, 2.24) is 0 Å². The first-order valence-corrected chi connectivity index (χ1v) is 7.10. The first kappa shape index (κ1) is 16.7. The zero-order valence-corrected chi connectivity index (χ0v) is 10.8. The maximum absolute atomic E-state index is 13.2. The smallest absolute Gasteiger partial charge is 0.216 e. The Morgan fingerprint density at radius 2 is 1.12 bits per heavy atom. The summed E-state index contributed by atoms with van der Waals surface area (Å²) in [5, 5.41) is -8.69. The summed E-state index contributed by atoms with van der Waals surface area (Å²) in [5.74, 6) is 0. The van der Waals surface area contributed by atoms with E-state index in [1.807, 2.05) is 0 Å². The van der Waals surface area contributed by atoms with Crippen molar-refractivity contribution >= 4 is 9.84 Å². The minimum Gasteiger partial charge on any atom is -0.216 e. The van der Waals surface area contributed by atoms with Crippen molar-refractivity contribution in [3.05, 3.63) is 0 Å². The number of halogens is 4. The Morgan fingerprint density at radius 1 is 0.824 bits per heavy atom. The Morgan fingerprint density at radius 3 is 1.35 bits per heavy atom. The molecule has 104 valence electrons. The molecular formula is C10H18F4O2S. The van der Waals surface area contributed by atoms with Crippen molar-refractivity contribution in [3.8, 4) is 0 Å². The van der Waals surface area contributed by atoms with Gasteiger partial charge in [-0.3, -0.25) is 0 Å². The first-order chi connectivity index (χ1) is 7.62. The number of sulfone groups is 1. The maximum atomic E-state index is 13.2. The molecule has 0 aliphatic carbocycles. The Kier molecular flexibility index (Phi) is 5.90.